The molecule has 0 saturated heterocycles. The molecule has 4 rings (SSSR count). The Morgan fingerprint density at radius 1 is 1.15 bits per heavy atom. The molecule has 0 radical (unpaired) electrons. The zero-order chi connectivity index (χ0) is 19.0. The topological polar surface area (TPSA) is 66.5 Å². The molecule has 0 fully saturated rings. The molecule has 0 amide bonds. The number of thiophene rings is 1. The summed E-state index contributed by atoms with van der Waals surface area (Å²) in [5.74, 6) is 1.42. The van der Waals surface area contributed by atoms with Crippen molar-refractivity contribution in [2.24, 2.45) is 0 Å². The predicted molar refractivity (Wildman–Crippen MR) is 111 cm³/mol. The smallest absolute Gasteiger partial charge is 0.230 e. The number of hydrogen-bond acceptors (Lipinski definition) is 6. The number of aliphatic hydroxyl groups excluding tert-OH is 1. The summed E-state index contributed by atoms with van der Waals surface area (Å²) in [6, 6.07) is 10.0. The molecule has 0 aliphatic heterocycles. The van der Waals surface area contributed by atoms with Gasteiger partial charge in [-0.1, -0.05) is 37.3 Å². The Balaban J connectivity index is 2.06. The number of anilines is 1. The van der Waals surface area contributed by atoms with Crippen LogP contribution in [-0.4, -0.2) is 44.4 Å². The van der Waals surface area contributed by atoms with Crippen LogP contribution in [0.15, 0.2) is 30.3 Å². The zero-order valence-corrected chi connectivity index (χ0v) is 16.6. The van der Waals surface area contributed by atoms with Crippen LogP contribution in [0.25, 0.3) is 27.3 Å². The van der Waals surface area contributed by atoms with E-state index in [4.69, 9.17) is 15.1 Å². The Kier molecular flexibility index (Phi) is 4.80. The molecule has 27 heavy (non-hydrogen) atoms. The summed E-state index contributed by atoms with van der Waals surface area (Å²) in [5.41, 5.74) is 3.11. The summed E-state index contributed by atoms with van der Waals surface area (Å²) in [6.45, 7) is 7.67. The summed E-state index contributed by atoms with van der Waals surface area (Å²) in [7, 11) is 0. The normalized spacial score (nSPS) is 11.6. The average molecular weight is 382 g/mol. The lowest BCUT2D eigenvalue weighted by atomic mass is 10.1. The number of rotatable bonds is 6. The molecule has 7 heteroatoms. The first kappa shape index (κ1) is 17.9. The van der Waals surface area contributed by atoms with Crippen molar-refractivity contribution in [1.82, 2.24) is 19.6 Å². The van der Waals surface area contributed by atoms with Gasteiger partial charge in [-0.15, -0.1) is 16.4 Å². The number of aromatic nitrogens is 4. The van der Waals surface area contributed by atoms with E-state index in [0.29, 0.717) is 12.4 Å². The van der Waals surface area contributed by atoms with E-state index in [-0.39, 0.29) is 6.61 Å². The Morgan fingerprint density at radius 3 is 2.59 bits per heavy atom. The molecular weight excluding hydrogens is 358 g/mol. The van der Waals surface area contributed by atoms with E-state index >= 15 is 0 Å². The highest BCUT2D eigenvalue weighted by molar-refractivity contribution is 7.18. The van der Waals surface area contributed by atoms with Gasteiger partial charge in [-0.05, 0) is 25.8 Å². The summed E-state index contributed by atoms with van der Waals surface area (Å²) in [5, 5.41) is 15.4. The number of aryl methyl sites for hydroxylation is 2. The minimum Gasteiger partial charge on any atom is -0.395 e. The molecule has 3 heterocycles. The SMILES string of the molecule is CCc1c(C)sc2nc(N(CC)CCO)n3nc(-c4ccccc4)nc3c12. The fourth-order valence-corrected chi connectivity index (χ4v) is 4.59. The second-order valence-electron chi connectivity index (χ2n) is 6.42. The Bertz CT molecular complexity index is 1090. The molecule has 0 unspecified atom stereocenters. The number of benzene rings is 1. The summed E-state index contributed by atoms with van der Waals surface area (Å²) < 4.78 is 1.84. The molecule has 4 aromatic rings. The number of likely N-dealkylation sites (N-methyl/N-ethyl adjacent to an activating group) is 1. The summed E-state index contributed by atoms with van der Waals surface area (Å²) in [6.07, 6.45) is 0.935. The van der Waals surface area contributed by atoms with Crippen LogP contribution in [0, 0.1) is 6.92 Å². The fourth-order valence-electron chi connectivity index (χ4n) is 3.48. The molecule has 140 valence electrons. The van der Waals surface area contributed by atoms with Crippen molar-refractivity contribution < 1.29 is 5.11 Å². The maximum Gasteiger partial charge on any atom is 0.230 e. The fraction of sp³-hybridized carbons (Fsp3) is 0.350. The van der Waals surface area contributed by atoms with Crippen molar-refractivity contribution in [3.63, 3.8) is 0 Å². The van der Waals surface area contributed by atoms with Crippen molar-refractivity contribution in [2.45, 2.75) is 27.2 Å². The van der Waals surface area contributed by atoms with E-state index in [1.54, 1.807) is 11.3 Å². The third kappa shape index (κ3) is 2.96. The van der Waals surface area contributed by atoms with Gasteiger partial charge in [0.15, 0.2) is 11.5 Å². The van der Waals surface area contributed by atoms with Gasteiger partial charge < -0.3 is 10.0 Å². The van der Waals surface area contributed by atoms with Crippen LogP contribution in [-0.2, 0) is 6.42 Å². The van der Waals surface area contributed by atoms with Gasteiger partial charge in [0.05, 0.1) is 12.0 Å². The number of hydrogen-bond donors (Lipinski definition) is 1. The van der Waals surface area contributed by atoms with Gasteiger partial charge >= 0.3 is 0 Å². The quantitative estimate of drug-likeness (QED) is 0.552. The van der Waals surface area contributed by atoms with Gasteiger partial charge in [0.1, 0.15) is 4.83 Å². The number of fused-ring (bicyclic) bond motifs is 3. The predicted octanol–water partition coefficient (Wildman–Crippen LogP) is 3.70. The average Bonchev–Trinajstić information content (AvgIpc) is 3.26. The highest BCUT2D eigenvalue weighted by Gasteiger charge is 2.21. The lowest BCUT2D eigenvalue weighted by molar-refractivity contribution is 0.301. The second kappa shape index (κ2) is 7.25. The van der Waals surface area contributed by atoms with Gasteiger partial charge in [-0.3, -0.25) is 0 Å². The Labute approximate surface area is 162 Å². The van der Waals surface area contributed by atoms with Crippen LogP contribution in [0.2, 0.25) is 0 Å². The van der Waals surface area contributed by atoms with Crippen molar-refractivity contribution in [3.05, 3.63) is 40.8 Å². The van der Waals surface area contributed by atoms with E-state index in [1.165, 1.54) is 10.4 Å². The molecule has 0 bridgehead atoms. The third-order valence-corrected chi connectivity index (χ3v) is 5.87. The van der Waals surface area contributed by atoms with E-state index in [0.717, 1.165) is 40.3 Å². The van der Waals surface area contributed by atoms with E-state index in [2.05, 4.69) is 20.8 Å². The lowest BCUT2D eigenvalue weighted by Gasteiger charge is -2.21. The second-order valence-corrected chi connectivity index (χ2v) is 7.63. The summed E-state index contributed by atoms with van der Waals surface area (Å²) >= 11 is 1.70. The summed E-state index contributed by atoms with van der Waals surface area (Å²) in [4.78, 5) is 14.1. The molecule has 6 nitrogen and oxygen atoms in total. The number of aliphatic hydroxyl groups is 1. The van der Waals surface area contributed by atoms with Crippen molar-refractivity contribution >= 4 is 33.1 Å². The van der Waals surface area contributed by atoms with Crippen LogP contribution < -0.4 is 4.90 Å². The van der Waals surface area contributed by atoms with Crippen LogP contribution in [0.1, 0.15) is 24.3 Å². The van der Waals surface area contributed by atoms with Crippen LogP contribution in [0.4, 0.5) is 5.95 Å². The van der Waals surface area contributed by atoms with Crippen molar-refractivity contribution in [2.75, 3.05) is 24.6 Å². The standard InChI is InChI=1S/C20H23N5OS/c1-4-15-13(3)27-19-16(15)18-21-17(14-9-7-6-8-10-14)23-25(18)20(22-19)24(5-2)11-12-26/h6-10,26H,4-5,11-12H2,1-3H3. The lowest BCUT2D eigenvalue weighted by Crippen LogP contribution is -2.29. The largest absolute Gasteiger partial charge is 0.395 e. The van der Waals surface area contributed by atoms with E-state index in [1.807, 2.05) is 39.7 Å². The van der Waals surface area contributed by atoms with Gasteiger partial charge in [-0.2, -0.15) is 4.52 Å². The maximum absolute atomic E-state index is 9.47. The first-order valence-electron chi connectivity index (χ1n) is 9.27. The monoisotopic (exact) mass is 381 g/mol. The molecule has 0 aliphatic rings. The van der Waals surface area contributed by atoms with Crippen molar-refractivity contribution in [1.29, 1.82) is 0 Å². The van der Waals surface area contributed by atoms with E-state index in [9.17, 15) is 5.11 Å². The third-order valence-electron chi connectivity index (χ3n) is 4.83. The van der Waals surface area contributed by atoms with Crippen LogP contribution in [0.5, 0.6) is 0 Å². The highest BCUT2D eigenvalue weighted by Crippen LogP contribution is 2.35. The van der Waals surface area contributed by atoms with Gasteiger partial charge in [-0.25, -0.2) is 9.97 Å². The molecule has 0 aliphatic carbocycles. The first-order valence-corrected chi connectivity index (χ1v) is 10.1. The minimum absolute atomic E-state index is 0.0684. The molecule has 0 spiro atoms. The van der Waals surface area contributed by atoms with E-state index < -0.39 is 0 Å². The molecule has 1 aromatic carbocycles. The van der Waals surface area contributed by atoms with Gasteiger partial charge in [0, 0.05) is 23.5 Å². The Morgan fingerprint density at radius 2 is 1.93 bits per heavy atom. The molecular formula is C20H23N5OS. The van der Waals surface area contributed by atoms with Gasteiger partial charge in [0.2, 0.25) is 5.95 Å². The first-order chi connectivity index (χ1) is 13.2. The zero-order valence-electron chi connectivity index (χ0n) is 15.8. The Hall–Kier alpha value is -2.51. The molecule has 1 N–H and O–H groups in total. The molecule has 3 aromatic heterocycles. The maximum atomic E-state index is 9.47. The van der Waals surface area contributed by atoms with Crippen molar-refractivity contribution in [3.8, 4) is 11.4 Å². The van der Waals surface area contributed by atoms with Crippen LogP contribution in [0.3, 0.4) is 0 Å². The highest BCUT2D eigenvalue weighted by atomic mass is 32.1. The number of nitrogens with zero attached hydrogens (tertiary/aromatic N) is 5. The molecule has 0 atom stereocenters. The minimum atomic E-state index is 0.0684. The van der Waals surface area contributed by atoms with Gasteiger partial charge in [0.25, 0.3) is 0 Å². The molecule has 0 saturated carbocycles. The van der Waals surface area contributed by atoms with Crippen LogP contribution >= 0.6 is 11.3 Å².